The number of hydrogen-bond donors (Lipinski definition) is 1. The van der Waals surface area contributed by atoms with Crippen molar-refractivity contribution < 1.29 is 14.3 Å². The number of carbonyl (C=O) groups excluding carboxylic acids is 2. The number of rotatable bonds is 8. The molecule has 6 heteroatoms. The van der Waals surface area contributed by atoms with E-state index in [1.54, 1.807) is 38.4 Å². The van der Waals surface area contributed by atoms with Crippen molar-refractivity contribution in [3.05, 3.63) is 90.5 Å². The van der Waals surface area contributed by atoms with Gasteiger partial charge in [-0.2, -0.15) is 0 Å². The zero-order chi connectivity index (χ0) is 21.3. The number of amides is 2. The van der Waals surface area contributed by atoms with Crippen molar-refractivity contribution in [3.8, 4) is 5.75 Å². The predicted molar refractivity (Wildman–Crippen MR) is 121 cm³/mol. The van der Waals surface area contributed by atoms with E-state index in [9.17, 15) is 9.59 Å². The summed E-state index contributed by atoms with van der Waals surface area (Å²) in [5.41, 5.74) is 1.55. The van der Waals surface area contributed by atoms with E-state index in [-0.39, 0.29) is 18.4 Å². The molecule has 0 aromatic heterocycles. The number of anilines is 1. The van der Waals surface area contributed by atoms with Gasteiger partial charge in [0.1, 0.15) is 11.0 Å². The molecule has 2 amide bonds. The summed E-state index contributed by atoms with van der Waals surface area (Å²) >= 11 is 1.48. The third-order valence-electron chi connectivity index (χ3n) is 4.45. The first kappa shape index (κ1) is 21.5. The molecule has 1 N–H and O–H groups in total. The first-order valence-corrected chi connectivity index (χ1v) is 10.4. The van der Waals surface area contributed by atoms with E-state index in [0.29, 0.717) is 11.4 Å². The van der Waals surface area contributed by atoms with Crippen LogP contribution in [0.25, 0.3) is 0 Å². The average Bonchev–Trinajstić information content (AvgIpc) is 2.78. The van der Waals surface area contributed by atoms with Gasteiger partial charge in [-0.15, -0.1) is 11.8 Å². The van der Waals surface area contributed by atoms with Crippen LogP contribution >= 0.6 is 11.8 Å². The van der Waals surface area contributed by atoms with E-state index in [2.05, 4.69) is 5.32 Å². The Morgan fingerprint density at radius 3 is 2.13 bits per heavy atom. The second-order valence-corrected chi connectivity index (χ2v) is 7.87. The van der Waals surface area contributed by atoms with E-state index in [1.807, 2.05) is 60.7 Å². The fourth-order valence-corrected chi connectivity index (χ4v) is 4.05. The number of likely N-dealkylation sites (N-methyl/N-ethyl adjacent to an activating group) is 1. The summed E-state index contributed by atoms with van der Waals surface area (Å²) in [5, 5.41) is 2.37. The molecule has 3 rings (SSSR count). The predicted octanol–water partition coefficient (Wildman–Crippen LogP) is 4.63. The number of thioether (sulfide) groups is 1. The van der Waals surface area contributed by atoms with E-state index in [4.69, 9.17) is 4.74 Å². The van der Waals surface area contributed by atoms with Gasteiger partial charge in [0.25, 0.3) is 0 Å². The number of benzene rings is 3. The smallest absolute Gasteiger partial charge is 0.243 e. The number of nitrogens with zero attached hydrogens (tertiary/aromatic N) is 1. The molecule has 0 saturated carbocycles. The lowest BCUT2D eigenvalue weighted by molar-refractivity contribution is -0.132. The van der Waals surface area contributed by atoms with Gasteiger partial charge in [0.15, 0.2) is 0 Å². The highest BCUT2D eigenvalue weighted by atomic mass is 32.2. The molecule has 154 valence electrons. The maximum Gasteiger partial charge on any atom is 0.243 e. The van der Waals surface area contributed by atoms with Crippen LogP contribution in [0.4, 0.5) is 5.69 Å². The summed E-state index contributed by atoms with van der Waals surface area (Å²) in [7, 11) is 3.24. The van der Waals surface area contributed by atoms with Crippen LogP contribution in [0.5, 0.6) is 5.75 Å². The maximum atomic E-state index is 13.2. The van der Waals surface area contributed by atoms with Crippen LogP contribution in [-0.4, -0.2) is 37.4 Å². The van der Waals surface area contributed by atoms with Gasteiger partial charge in [-0.3, -0.25) is 9.59 Å². The minimum Gasteiger partial charge on any atom is -0.497 e. The van der Waals surface area contributed by atoms with Crippen LogP contribution in [0, 0.1) is 0 Å². The van der Waals surface area contributed by atoms with Crippen molar-refractivity contribution in [2.75, 3.05) is 26.0 Å². The topological polar surface area (TPSA) is 58.6 Å². The Bertz CT molecular complexity index is 963. The van der Waals surface area contributed by atoms with E-state index >= 15 is 0 Å². The van der Waals surface area contributed by atoms with Crippen LogP contribution < -0.4 is 10.1 Å². The minimum absolute atomic E-state index is 0.0381. The molecule has 0 saturated heterocycles. The van der Waals surface area contributed by atoms with Crippen molar-refractivity contribution in [1.29, 1.82) is 0 Å². The fraction of sp³-hybridized carbons (Fsp3) is 0.167. The lowest BCUT2D eigenvalue weighted by Gasteiger charge is -2.23. The van der Waals surface area contributed by atoms with Gasteiger partial charge in [-0.25, -0.2) is 0 Å². The Morgan fingerprint density at radius 1 is 0.933 bits per heavy atom. The van der Waals surface area contributed by atoms with Crippen LogP contribution in [0.15, 0.2) is 89.8 Å². The molecule has 3 aromatic carbocycles. The highest BCUT2D eigenvalue weighted by molar-refractivity contribution is 8.00. The Morgan fingerprint density at radius 2 is 1.53 bits per heavy atom. The summed E-state index contributed by atoms with van der Waals surface area (Å²) in [4.78, 5) is 28.1. The van der Waals surface area contributed by atoms with Gasteiger partial charge < -0.3 is 15.0 Å². The van der Waals surface area contributed by atoms with E-state index in [0.717, 1.165) is 10.5 Å². The molecule has 0 radical (unpaired) electrons. The summed E-state index contributed by atoms with van der Waals surface area (Å²) in [6, 6.07) is 26.5. The largest absolute Gasteiger partial charge is 0.497 e. The van der Waals surface area contributed by atoms with Gasteiger partial charge in [0.05, 0.1) is 13.7 Å². The number of nitrogens with one attached hydrogen (secondary N) is 1. The molecule has 0 heterocycles. The molecule has 5 nitrogen and oxygen atoms in total. The van der Waals surface area contributed by atoms with Gasteiger partial charge in [0.2, 0.25) is 11.8 Å². The number of carbonyl (C=O) groups is 2. The number of hydrogen-bond acceptors (Lipinski definition) is 4. The van der Waals surface area contributed by atoms with Crippen LogP contribution in [0.1, 0.15) is 10.8 Å². The SMILES string of the molecule is COc1ccc(NC(=O)CN(C)C(=O)[C@@H](Sc2ccccc2)c2ccccc2)cc1. The van der Waals surface area contributed by atoms with Gasteiger partial charge in [0, 0.05) is 17.6 Å². The molecule has 1 atom stereocenters. The molecule has 0 fully saturated rings. The molecule has 0 unspecified atom stereocenters. The Hall–Kier alpha value is -3.25. The van der Waals surface area contributed by atoms with Crippen LogP contribution in [-0.2, 0) is 9.59 Å². The zero-order valence-corrected chi connectivity index (χ0v) is 17.8. The zero-order valence-electron chi connectivity index (χ0n) is 16.9. The normalized spacial score (nSPS) is 11.4. The maximum absolute atomic E-state index is 13.2. The van der Waals surface area contributed by atoms with Crippen molar-refractivity contribution in [2.45, 2.75) is 10.1 Å². The Balaban J connectivity index is 1.69. The highest BCUT2D eigenvalue weighted by Gasteiger charge is 2.26. The summed E-state index contributed by atoms with van der Waals surface area (Å²) < 4.78 is 5.12. The van der Waals surface area contributed by atoms with E-state index < -0.39 is 5.25 Å². The van der Waals surface area contributed by atoms with Gasteiger partial charge >= 0.3 is 0 Å². The summed E-state index contributed by atoms with van der Waals surface area (Å²) in [6.07, 6.45) is 0. The Kier molecular flexibility index (Phi) is 7.51. The minimum atomic E-state index is -0.438. The third kappa shape index (κ3) is 5.87. The van der Waals surface area contributed by atoms with Crippen molar-refractivity contribution in [3.63, 3.8) is 0 Å². The molecule has 3 aromatic rings. The molecule has 0 bridgehead atoms. The molecule has 0 spiro atoms. The standard InChI is InChI=1S/C24H24N2O3S/c1-26(17-22(27)25-19-13-15-20(29-2)16-14-19)24(28)23(18-9-5-3-6-10-18)30-21-11-7-4-8-12-21/h3-16,23H,17H2,1-2H3,(H,25,27)/t23-/m0/s1. The first-order chi connectivity index (χ1) is 14.6. The van der Waals surface area contributed by atoms with Crippen molar-refractivity contribution >= 4 is 29.3 Å². The van der Waals surface area contributed by atoms with Crippen molar-refractivity contribution in [2.24, 2.45) is 0 Å². The van der Waals surface area contributed by atoms with Gasteiger partial charge in [-0.05, 0) is 42.0 Å². The molecular weight excluding hydrogens is 396 g/mol. The van der Waals surface area contributed by atoms with Crippen LogP contribution in [0.3, 0.4) is 0 Å². The van der Waals surface area contributed by atoms with Gasteiger partial charge in [-0.1, -0.05) is 48.5 Å². The average molecular weight is 421 g/mol. The lowest BCUT2D eigenvalue weighted by Crippen LogP contribution is -2.37. The summed E-state index contributed by atoms with van der Waals surface area (Å²) in [5.74, 6) is 0.330. The highest BCUT2D eigenvalue weighted by Crippen LogP contribution is 2.36. The summed E-state index contributed by atoms with van der Waals surface area (Å²) in [6.45, 7) is -0.0381. The number of ether oxygens (including phenoxy) is 1. The molecule has 30 heavy (non-hydrogen) atoms. The van der Waals surface area contributed by atoms with Crippen molar-refractivity contribution in [1.82, 2.24) is 4.90 Å². The molecule has 0 aliphatic heterocycles. The first-order valence-electron chi connectivity index (χ1n) is 9.52. The second-order valence-electron chi connectivity index (χ2n) is 6.69. The van der Waals surface area contributed by atoms with E-state index in [1.165, 1.54) is 16.7 Å². The lowest BCUT2D eigenvalue weighted by atomic mass is 10.1. The quantitative estimate of drug-likeness (QED) is 0.540. The molecule has 0 aliphatic rings. The Labute approximate surface area is 181 Å². The monoisotopic (exact) mass is 420 g/mol. The van der Waals surface area contributed by atoms with Crippen LogP contribution in [0.2, 0.25) is 0 Å². The fourth-order valence-electron chi connectivity index (χ4n) is 2.89. The third-order valence-corrected chi connectivity index (χ3v) is 5.71. The second kappa shape index (κ2) is 10.5. The molecular formula is C24H24N2O3S. The molecule has 0 aliphatic carbocycles. The number of methoxy groups -OCH3 is 1.